The highest BCUT2D eigenvalue weighted by Gasteiger charge is 2.42. The molecule has 0 radical (unpaired) electrons. The van der Waals surface area contributed by atoms with Gasteiger partial charge in [0, 0.05) is 34.3 Å². The molecule has 2 N–H and O–H groups in total. The van der Waals surface area contributed by atoms with Crippen LogP contribution in [0.4, 0.5) is 0 Å². The number of phenolic OH excluding ortho intramolecular Hbond substituents is 1. The first kappa shape index (κ1) is 25.8. The number of nitrogens with one attached hydrogen (secondary N) is 1. The number of allylic oxidation sites excluding steroid dienone is 3. The number of phenols is 1. The van der Waals surface area contributed by atoms with Crippen LogP contribution >= 0.6 is 11.6 Å². The summed E-state index contributed by atoms with van der Waals surface area (Å²) in [5.41, 5.74) is 4.17. The molecule has 1 heterocycles. The van der Waals surface area contributed by atoms with Crippen LogP contribution in [0.1, 0.15) is 69.9 Å². The Morgan fingerprint density at radius 1 is 1.14 bits per heavy atom. The van der Waals surface area contributed by atoms with Gasteiger partial charge >= 0.3 is 5.97 Å². The van der Waals surface area contributed by atoms with E-state index in [0.29, 0.717) is 59.0 Å². The number of carbonyl (C=O) groups is 2. The zero-order chi connectivity index (χ0) is 26.0. The summed E-state index contributed by atoms with van der Waals surface area (Å²) in [6, 6.07) is 12.6. The lowest BCUT2D eigenvalue weighted by molar-refractivity contribution is -0.144. The highest BCUT2D eigenvalue weighted by atomic mass is 35.5. The molecule has 0 saturated heterocycles. The first-order valence-electron chi connectivity index (χ1n) is 12.4. The molecule has 0 aromatic heterocycles. The topological polar surface area (TPSA) is 84.9 Å². The summed E-state index contributed by atoms with van der Waals surface area (Å²) in [5, 5.41) is 14.3. The number of hydrogen-bond donors (Lipinski definition) is 2. The van der Waals surface area contributed by atoms with Gasteiger partial charge in [-0.25, -0.2) is 4.79 Å². The minimum atomic E-state index is -0.628. The Morgan fingerprint density at radius 3 is 2.50 bits per heavy atom. The van der Waals surface area contributed by atoms with E-state index in [1.54, 1.807) is 18.2 Å². The van der Waals surface area contributed by atoms with Gasteiger partial charge in [0.1, 0.15) is 0 Å². The molecule has 7 heteroatoms. The second-order valence-corrected chi connectivity index (χ2v) is 9.79. The summed E-state index contributed by atoms with van der Waals surface area (Å²) in [6.45, 7) is 7.84. The van der Waals surface area contributed by atoms with E-state index in [1.807, 2.05) is 52.0 Å². The lowest BCUT2D eigenvalue weighted by Crippen LogP contribution is -2.36. The van der Waals surface area contributed by atoms with E-state index >= 15 is 0 Å². The number of rotatable bonds is 7. The van der Waals surface area contributed by atoms with Crippen molar-refractivity contribution >= 4 is 23.4 Å². The fourth-order valence-electron chi connectivity index (χ4n) is 4.92. The molecule has 4 rings (SSSR count). The van der Waals surface area contributed by atoms with E-state index in [-0.39, 0.29) is 23.6 Å². The predicted octanol–water partition coefficient (Wildman–Crippen LogP) is 6.15. The van der Waals surface area contributed by atoms with Gasteiger partial charge in [-0.1, -0.05) is 36.7 Å². The van der Waals surface area contributed by atoms with Crippen LogP contribution in [0.15, 0.2) is 65.0 Å². The number of carbonyl (C=O) groups excluding carboxylic acids is 2. The number of halogens is 1. The Kier molecular flexibility index (Phi) is 7.74. The quantitative estimate of drug-likeness (QED) is 0.435. The molecular weight excluding hydrogens is 478 g/mol. The average molecular weight is 510 g/mol. The second-order valence-electron chi connectivity index (χ2n) is 9.35. The van der Waals surface area contributed by atoms with Gasteiger partial charge in [-0.3, -0.25) is 4.79 Å². The summed E-state index contributed by atoms with van der Waals surface area (Å²) in [7, 11) is 0. The van der Waals surface area contributed by atoms with E-state index in [2.05, 4.69) is 5.32 Å². The Balaban J connectivity index is 1.81. The molecular formula is C29H32ClNO5. The van der Waals surface area contributed by atoms with Crippen LogP contribution in [0.2, 0.25) is 5.02 Å². The van der Waals surface area contributed by atoms with Crippen molar-refractivity contribution in [3.05, 3.63) is 81.2 Å². The van der Waals surface area contributed by atoms with Gasteiger partial charge in [0.25, 0.3) is 0 Å². The average Bonchev–Trinajstić information content (AvgIpc) is 2.84. The maximum atomic E-state index is 13.7. The third kappa shape index (κ3) is 5.14. The van der Waals surface area contributed by atoms with Gasteiger partial charge < -0.3 is 19.9 Å². The van der Waals surface area contributed by atoms with Crippen LogP contribution in [0.25, 0.3) is 0 Å². The highest BCUT2D eigenvalue weighted by Crippen LogP contribution is 2.47. The largest absolute Gasteiger partial charge is 0.504 e. The van der Waals surface area contributed by atoms with Gasteiger partial charge in [0.15, 0.2) is 17.3 Å². The van der Waals surface area contributed by atoms with Crippen molar-refractivity contribution in [2.75, 3.05) is 6.61 Å². The van der Waals surface area contributed by atoms with Crippen LogP contribution in [-0.4, -0.2) is 29.6 Å². The van der Waals surface area contributed by atoms with Crippen LogP contribution in [0.5, 0.6) is 11.5 Å². The number of hydrogen-bond acceptors (Lipinski definition) is 6. The van der Waals surface area contributed by atoms with E-state index in [4.69, 9.17) is 21.1 Å². The molecule has 2 aromatic rings. The van der Waals surface area contributed by atoms with Crippen molar-refractivity contribution < 1.29 is 24.2 Å². The van der Waals surface area contributed by atoms with Crippen molar-refractivity contribution in [3.8, 4) is 11.5 Å². The molecule has 6 nitrogen and oxygen atoms in total. The molecule has 1 aliphatic heterocycles. The first-order valence-corrected chi connectivity index (χ1v) is 12.8. The zero-order valence-electron chi connectivity index (χ0n) is 21.1. The summed E-state index contributed by atoms with van der Waals surface area (Å²) < 4.78 is 11.3. The number of ether oxygens (including phenoxy) is 2. The molecule has 0 bridgehead atoms. The van der Waals surface area contributed by atoms with Crippen LogP contribution in [0.3, 0.4) is 0 Å². The van der Waals surface area contributed by atoms with Gasteiger partial charge in [-0.05, 0) is 74.9 Å². The number of aromatic hydroxyl groups is 1. The number of Topliss-reactive ketones (excluding diaryl/α,β-unsaturated/α-hetero) is 1. The standard InChI is InChI=1S/C29H32ClNO5/c1-5-16(3)36-29(34)26-17(4)31-22-13-20(18-7-10-21(30)11-8-18)14-24(33)28(22)27(26)19-9-12-23(32)25(15-19)35-6-2/h7-12,15-16,20,27,31-32H,5-6,13-14H2,1-4H3/t16-,20-,27-/m1/s1. The highest BCUT2D eigenvalue weighted by molar-refractivity contribution is 6.30. The lowest BCUT2D eigenvalue weighted by Gasteiger charge is -2.37. The van der Waals surface area contributed by atoms with Crippen molar-refractivity contribution in [1.29, 1.82) is 0 Å². The number of benzene rings is 2. The smallest absolute Gasteiger partial charge is 0.337 e. The molecule has 0 amide bonds. The van der Waals surface area contributed by atoms with E-state index in [0.717, 1.165) is 11.3 Å². The molecule has 2 aliphatic rings. The fraction of sp³-hybridized carbons (Fsp3) is 0.379. The third-order valence-electron chi connectivity index (χ3n) is 6.89. The summed E-state index contributed by atoms with van der Waals surface area (Å²) in [6.07, 6.45) is 1.37. The normalized spacial score (nSPS) is 20.5. The van der Waals surface area contributed by atoms with Crippen molar-refractivity contribution in [1.82, 2.24) is 5.32 Å². The second kappa shape index (κ2) is 10.8. The SMILES string of the molecule is CCOc1cc([C@@H]2C(C(=O)O[C@H](C)CC)=C(C)NC3=C2C(=O)C[C@H](c2ccc(Cl)cc2)C3)ccc1O. The maximum absolute atomic E-state index is 13.7. The van der Waals surface area contributed by atoms with Gasteiger partial charge in [-0.15, -0.1) is 0 Å². The summed E-state index contributed by atoms with van der Waals surface area (Å²) in [5.74, 6) is -0.792. The van der Waals surface area contributed by atoms with Gasteiger partial charge in [0.05, 0.1) is 18.3 Å². The molecule has 0 spiro atoms. The Labute approximate surface area is 216 Å². The van der Waals surface area contributed by atoms with Crippen LogP contribution < -0.4 is 10.1 Å². The van der Waals surface area contributed by atoms with E-state index in [9.17, 15) is 14.7 Å². The number of ketones is 1. The minimum absolute atomic E-state index is 0.00175. The molecule has 0 fully saturated rings. The first-order chi connectivity index (χ1) is 17.2. The Morgan fingerprint density at radius 2 is 1.83 bits per heavy atom. The van der Waals surface area contributed by atoms with Gasteiger partial charge in [-0.2, -0.15) is 0 Å². The van der Waals surface area contributed by atoms with Gasteiger partial charge in [0.2, 0.25) is 0 Å². The number of dihydropyridines is 1. The summed E-state index contributed by atoms with van der Waals surface area (Å²) in [4.78, 5) is 27.1. The zero-order valence-corrected chi connectivity index (χ0v) is 21.8. The van der Waals surface area contributed by atoms with Crippen LogP contribution in [-0.2, 0) is 14.3 Å². The monoisotopic (exact) mass is 509 g/mol. The molecule has 3 atom stereocenters. The molecule has 190 valence electrons. The lowest BCUT2D eigenvalue weighted by atomic mass is 9.71. The van der Waals surface area contributed by atoms with E-state index in [1.165, 1.54) is 0 Å². The van der Waals surface area contributed by atoms with Crippen molar-refractivity contribution in [2.45, 2.75) is 64.9 Å². The predicted molar refractivity (Wildman–Crippen MR) is 139 cm³/mol. The molecule has 36 heavy (non-hydrogen) atoms. The third-order valence-corrected chi connectivity index (χ3v) is 7.14. The Bertz CT molecular complexity index is 1230. The fourth-order valence-corrected chi connectivity index (χ4v) is 5.05. The number of esters is 1. The molecule has 0 unspecified atom stereocenters. The Hall–Kier alpha value is -3.25. The summed E-state index contributed by atoms with van der Waals surface area (Å²) >= 11 is 6.07. The van der Waals surface area contributed by atoms with Crippen molar-refractivity contribution in [2.24, 2.45) is 0 Å². The minimum Gasteiger partial charge on any atom is -0.504 e. The molecule has 1 aliphatic carbocycles. The molecule has 0 saturated carbocycles. The van der Waals surface area contributed by atoms with E-state index < -0.39 is 11.9 Å². The molecule has 2 aromatic carbocycles. The maximum Gasteiger partial charge on any atom is 0.337 e. The van der Waals surface area contributed by atoms with Crippen molar-refractivity contribution in [3.63, 3.8) is 0 Å². The van der Waals surface area contributed by atoms with Crippen LogP contribution in [0, 0.1) is 0 Å².